The summed E-state index contributed by atoms with van der Waals surface area (Å²) < 4.78 is 1.21. The molecule has 0 aliphatic carbocycles. The molecule has 0 bridgehead atoms. The van der Waals surface area contributed by atoms with Crippen LogP contribution in [0.2, 0.25) is 0 Å². The molecule has 0 saturated heterocycles. The molecule has 2 aromatic carbocycles. The van der Waals surface area contributed by atoms with Gasteiger partial charge in [0.2, 0.25) is 0 Å². The van der Waals surface area contributed by atoms with E-state index in [9.17, 15) is 0 Å². The van der Waals surface area contributed by atoms with Crippen molar-refractivity contribution in [2.75, 3.05) is 0 Å². The van der Waals surface area contributed by atoms with Crippen LogP contribution in [0.15, 0.2) is 66.3 Å². The third-order valence-corrected chi connectivity index (χ3v) is 4.53. The molecule has 22 heavy (non-hydrogen) atoms. The van der Waals surface area contributed by atoms with E-state index < -0.39 is 0 Å². The van der Waals surface area contributed by atoms with Crippen molar-refractivity contribution in [2.24, 2.45) is 0 Å². The van der Waals surface area contributed by atoms with Gasteiger partial charge >= 0.3 is 0 Å². The van der Waals surface area contributed by atoms with E-state index in [2.05, 4.69) is 65.4 Å². The SMILES string of the molecule is Cc1cccc(-c2ncccc2-c2ccc3ncsc3c2)c1. The average Bonchev–Trinajstić information content (AvgIpc) is 3.02. The van der Waals surface area contributed by atoms with Crippen LogP contribution in [0, 0.1) is 6.92 Å². The van der Waals surface area contributed by atoms with E-state index in [0.29, 0.717) is 0 Å². The summed E-state index contributed by atoms with van der Waals surface area (Å²) in [7, 11) is 0. The van der Waals surface area contributed by atoms with Crippen molar-refractivity contribution in [3.63, 3.8) is 0 Å². The Bertz CT molecular complexity index is 956. The van der Waals surface area contributed by atoms with Crippen LogP contribution in [-0.2, 0) is 0 Å². The minimum absolute atomic E-state index is 1.02. The fourth-order valence-electron chi connectivity index (χ4n) is 2.68. The normalized spacial score (nSPS) is 11.0. The van der Waals surface area contributed by atoms with Gasteiger partial charge in [0.15, 0.2) is 0 Å². The summed E-state index contributed by atoms with van der Waals surface area (Å²) in [5.74, 6) is 0. The zero-order valence-corrected chi connectivity index (χ0v) is 13.0. The van der Waals surface area contributed by atoms with Gasteiger partial charge in [0.1, 0.15) is 0 Å². The third-order valence-electron chi connectivity index (χ3n) is 3.74. The van der Waals surface area contributed by atoms with Crippen molar-refractivity contribution >= 4 is 21.6 Å². The molecule has 0 fully saturated rings. The van der Waals surface area contributed by atoms with Crippen molar-refractivity contribution in [3.05, 3.63) is 71.9 Å². The molecule has 2 heterocycles. The lowest BCUT2D eigenvalue weighted by molar-refractivity contribution is 1.32. The van der Waals surface area contributed by atoms with E-state index in [1.807, 2.05) is 17.8 Å². The Kier molecular flexibility index (Phi) is 3.20. The molecule has 0 unspecified atom stereocenters. The van der Waals surface area contributed by atoms with Crippen molar-refractivity contribution < 1.29 is 0 Å². The summed E-state index contributed by atoms with van der Waals surface area (Å²) in [6, 6.07) is 19.0. The van der Waals surface area contributed by atoms with E-state index in [4.69, 9.17) is 0 Å². The molecule has 0 aliphatic rings. The standard InChI is InChI=1S/C19H14N2S/c1-13-4-2-5-15(10-13)19-16(6-3-9-20-19)14-7-8-17-18(11-14)22-12-21-17/h2-12H,1H3. The second-order valence-electron chi connectivity index (χ2n) is 5.30. The lowest BCUT2D eigenvalue weighted by Crippen LogP contribution is -1.89. The number of fused-ring (bicyclic) bond motifs is 1. The number of hydrogen-bond acceptors (Lipinski definition) is 3. The van der Waals surface area contributed by atoms with Gasteiger partial charge in [0, 0.05) is 17.3 Å². The number of hydrogen-bond donors (Lipinski definition) is 0. The van der Waals surface area contributed by atoms with E-state index in [0.717, 1.165) is 22.3 Å². The molecule has 0 saturated carbocycles. The van der Waals surface area contributed by atoms with Gasteiger partial charge in [-0.05, 0) is 36.8 Å². The number of nitrogens with zero attached hydrogens (tertiary/aromatic N) is 2. The van der Waals surface area contributed by atoms with Crippen molar-refractivity contribution in [2.45, 2.75) is 6.92 Å². The maximum atomic E-state index is 4.62. The second-order valence-corrected chi connectivity index (χ2v) is 6.19. The van der Waals surface area contributed by atoms with Gasteiger partial charge in [0.25, 0.3) is 0 Å². The monoisotopic (exact) mass is 302 g/mol. The predicted octanol–water partition coefficient (Wildman–Crippen LogP) is 5.33. The highest BCUT2D eigenvalue weighted by atomic mass is 32.1. The Hall–Kier alpha value is -2.52. The van der Waals surface area contributed by atoms with Crippen molar-refractivity contribution in [1.82, 2.24) is 9.97 Å². The average molecular weight is 302 g/mol. The number of aromatic nitrogens is 2. The predicted molar refractivity (Wildman–Crippen MR) is 93.0 cm³/mol. The van der Waals surface area contributed by atoms with Crippen molar-refractivity contribution in [3.8, 4) is 22.4 Å². The minimum Gasteiger partial charge on any atom is -0.256 e. The minimum atomic E-state index is 1.02. The first-order valence-electron chi connectivity index (χ1n) is 7.17. The van der Waals surface area contributed by atoms with Crippen LogP contribution in [0.25, 0.3) is 32.6 Å². The number of rotatable bonds is 2. The molecule has 0 radical (unpaired) electrons. The number of aryl methyl sites for hydroxylation is 1. The number of thiazole rings is 1. The lowest BCUT2D eigenvalue weighted by atomic mass is 9.98. The molecule has 2 aromatic heterocycles. The van der Waals surface area contributed by atoms with Crippen LogP contribution in [0.3, 0.4) is 0 Å². The maximum Gasteiger partial charge on any atom is 0.0812 e. The first-order valence-corrected chi connectivity index (χ1v) is 8.05. The van der Waals surface area contributed by atoms with Crippen LogP contribution >= 0.6 is 11.3 Å². The molecule has 4 aromatic rings. The Morgan fingerprint density at radius 1 is 0.864 bits per heavy atom. The van der Waals surface area contributed by atoms with E-state index in [1.165, 1.54) is 15.8 Å². The Morgan fingerprint density at radius 2 is 1.82 bits per heavy atom. The zero-order chi connectivity index (χ0) is 14.9. The van der Waals surface area contributed by atoms with E-state index >= 15 is 0 Å². The van der Waals surface area contributed by atoms with Crippen molar-refractivity contribution in [1.29, 1.82) is 0 Å². The van der Waals surface area contributed by atoms with Gasteiger partial charge < -0.3 is 0 Å². The fraction of sp³-hybridized carbons (Fsp3) is 0.0526. The second kappa shape index (κ2) is 5.35. The Labute approximate surface area is 133 Å². The van der Waals surface area contributed by atoms with Gasteiger partial charge in [-0.3, -0.25) is 4.98 Å². The Morgan fingerprint density at radius 3 is 2.73 bits per heavy atom. The summed E-state index contributed by atoms with van der Waals surface area (Å²) in [5, 5.41) is 0. The molecule has 4 rings (SSSR count). The molecular formula is C19H14N2S. The number of pyridine rings is 1. The van der Waals surface area contributed by atoms with Gasteiger partial charge in [-0.2, -0.15) is 0 Å². The maximum absolute atomic E-state index is 4.62. The topological polar surface area (TPSA) is 25.8 Å². The molecule has 106 valence electrons. The lowest BCUT2D eigenvalue weighted by Gasteiger charge is -2.09. The summed E-state index contributed by atoms with van der Waals surface area (Å²) >= 11 is 1.67. The summed E-state index contributed by atoms with van der Waals surface area (Å²) in [5.41, 5.74) is 8.70. The van der Waals surface area contributed by atoms with Gasteiger partial charge in [-0.15, -0.1) is 11.3 Å². The quantitative estimate of drug-likeness (QED) is 0.500. The molecule has 0 N–H and O–H groups in total. The van der Waals surface area contributed by atoms with Crippen LogP contribution < -0.4 is 0 Å². The highest BCUT2D eigenvalue weighted by Crippen LogP contribution is 2.32. The molecule has 0 amide bonds. The molecule has 0 spiro atoms. The molecule has 0 atom stereocenters. The highest BCUT2D eigenvalue weighted by Gasteiger charge is 2.09. The van der Waals surface area contributed by atoms with Crippen LogP contribution in [0.4, 0.5) is 0 Å². The molecule has 2 nitrogen and oxygen atoms in total. The highest BCUT2D eigenvalue weighted by molar-refractivity contribution is 7.16. The first kappa shape index (κ1) is 13.2. The van der Waals surface area contributed by atoms with Crippen LogP contribution in [-0.4, -0.2) is 9.97 Å². The van der Waals surface area contributed by atoms with Gasteiger partial charge in [-0.25, -0.2) is 4.98 Å². The van der Waals surface area contributed by atoms with E-state index in [-0.39, 0.29) is 0 Å². The molecular weight excluding hydrogens is 288 g/mol. The summed E-state index contributed by atoms with van der Waals surface area (Å²) in [6.45, 7) is 2.11. The zero-order valence-electron chi connectivity index (χ0n) is 12.2. The number of benzene rings is 2. The third kappa shape index (κ3) is 2.30. The molecule has 3 heteroatoms. The summed E-state index contributed by atoms with van der Waals surface area (Å²) in [4.78, 5) is 8.97. The summed E-state index contributed by atoms with van der Waals surface area (Å²) in [6.07, 6.45) is 1.85. The largest absolute Gasteiger partial charge is 0.256 e. The van der Waals surface area contributed by atoms with Crippen LogP contribution in [0.5, 0.6) is 0 Å². The van der Waals surface area contributed by atoms with Gasteiger partial charge in [-0.1, -0.05) is 35.9 Å². The van der Waals surface area contributed by atoms with E-state index in [1.54, 1.807) is 11.3 Å². The smallest absolute Gasteiger partial charge is 0.0812 e. The first-order chi connectivity index (χ1) is 10.8. The Balaban J connectivity index is 1.92. The van der Waals surface area contributed by atoms with Crippen LogP contribution in [0.1, 0.15) is 5.56 Å². The van der Waals surface area contributed by atoms with Gasteiger partial charge in [0.05, 0.1) is 21.4 Å². The molecule has 0 aliphatic heterocycles. The fourth-order valence-corrected chi connectivity index (χ4v) is 3.40.